The van der Waals surface area contributed by atoms with Crippen molar-refractivity contribution in [1.82, 2.24) is 15.4 Å². The van der Waals surface area contributed by atoms with E-state index in [1.807, 2.05) is 30.3 Å². The topological polar surface area (TPSA) is 75.4 Å². The number of hydrogen-bond acceptors (Lipinski definition) is 4. The lowest BCUT2D eigenvalue weighted by Crippen LogP contribution is -2.33. The first-order valence-electron chi connectivity index (χ1n) is 6.96. The van der Waals surface area contributed by atoms with E-state index in [1.165, 1.54) is 4.90 Å². The molecule has 0 aliphatic carbocycles. The summed E-state index contributed by atoms with van der Waals surface area (Å²) < 4.78 is 4.91. The van der Waals surface area contributed by atoms with Crippen LogP contribution in [-0.4, -0.2) is 36.0 Å². The fraction of sp³-hybridized carbons (Fsp3) is 0.312. The number of carbonyl (C=O) groups excluding carboxylic acids is 2. The first-order valence-corrected chi connectivity index (χ1v) is 6.96. The average Bonchev–Trinajstić information content (AvgIpc) is 2.94. The van der Waals surface area contributed by atoms with Crippen molar-refractivity contribution in [3.63, 3.8) is 0 Å². The minimum absolute atomic E-state index is 0.0644. The van der Waals surface area contributed by atoms with Gasteiger partial charge in [-0.3, -0.25) is 9.59 Å². The number of carbonyl (C=O) groups is 2. The second kappa shape index (κ2) is 6.89. The quantitative estimate of drug-likeness (QED) is 0.915. The molecule has 0 aliphatic heterocycles. The number of amides is 2. The van der Waals surface area contributed by atoms with E-state index in [-0.39, 0.29) is 23.9 Å². The first kappa shape index (κ1) is 15.8. The van der Waals surface area contributed by atoms with Gasteiger partial charge in [-0.2, -0.15) is 0 Å². The van der Waals surface area contributed by atoms with Crippen molar-refractivity contribution in [1.29, 1.82) is 0 Å². The zero-order valence-corrected chi connectivity index (χ0v) is 12.9. The fourth-order valence-electron chi connectivity index (χ4n) is 2.00. The molecule has 0 fully saturated rings. The number of benzene rings is 1. The highest BCUT2D eigenvalue weighted by Crippen LogP contribution is 2.18. The molecule has 2 rings (SSSR count). The molecule has 1 atom stereocenters. The largest absolute Gasteiger partial charge is 0.361 e. The van der Waals surface area contributed by atoms with Gasteiger partial charge in [0, 0.05) is 20.2 Å². The lowest BCUT2D eigenvalue weighted by Gasteiger charge is -2.20. The Hall–Kier alpha value is -2.63. The Morgan fingerprint density at radius 2 is 1.95 bits per heavy atom. The van der Waals surface area contributed by atoms with Gasteiger partial charge in [-0.15, -0.1) is 0 Å². The van der Waals surface area contributed by atoms with Crippen LogP contribution in [-0.2, 0) is 4.79 Å². The Bertz CT molecular complexity index is 650. The molecule has 0 saturated carbocycles. The molecule has 0 saturated heterocycles. The van der Waals surface area contributed by atoms with E-state index in [0.717, 1.165) is 5.56 Å². The predicted octanol–water partition coefficient (Wildman–Crippen LogP) is 1.93. The zero-order chi connectivity index (χ0) is 16.1. The van der Waals surface area contributed by atoms with Crippen molar-refractivity contribution in [2.75, 3.05) is 14.1 Å². The maximum Gasteiger partial charge on any atom is 0.273 e. The van der Waals surface area contributed by atoms with Crippen molar-refractivity contribution >= 4 is 11.8 Å². The molecule has 1 aromatic carbocycles. The van der Waals surface area contributed by atoms with Crippen molar-refractivity contribution in [2.24, 2.45) is 0 Å². The van der Waals surface area contributed by atoms with Crippen LogP contribution in [0.2, 0.25) is 0 Å². The third-order valence-corrected chi connectivity index (χ3v) is 3.25. The van der Waals surface area contributed by atoms with Gasteiger partial charge in [-0.05, 0) is 12.5 Å². The fourth-order valence-corrected chi connectivity index (χ4v) is 2.00. The molecule has 2 amide bonds. The molecule has 6 nitrogen and oxygen atoms in total. The molecular weight excluding hydrogens is 282 g/mol. The molecule has 0 bridgehead atoms. The van der Waals surface area contributed by atoms with Gasteiger partial charge < -0.3 is 14.7 Å². The molecule has 6 heteroatoms. The number of nitrogens with zero attached hydrogens (tertiary/aromatic N) is 2. The lowest BCUT2D eigenvalue weighted by atomic mass is 10.0. The molecular formula is C16H19N3O3. The highest BCUT2D eigenvalue weighted by Gasteiger charge is 2.21. The lowest BCUT2D eigenvalue weighted by molar-refractivity contribution is -0.129. The Balaban J connectivity index is 2.17. The van der Waals surface area contributed by atoms with Crippen molar-refractivity contribution in [3.8, 4) is 0 Å². The van der Waals surface area contributed by atoms with Gasteiger partial charge in [0.2, 0.25) is 5.91 Å². The molecule has 1 N–H and O–H groups in total. The van der Waals surface area contributed by atoms with E-state index in [9.17, 15) is 9.59 Å². The van der Waals surface area contributed by atoms with Crippen LogP contribution in [0, 0.1) is 6.92 Å². The monoisotopic (exact) mass is 301 g/mol. The normalized spacial score (nSPS) is 11.8. The smallest absolute Gasteiger partial charge is 0.273 e. The maximum atomic E-state index is 12.2. The summed E-state index contributed by atoms with van der Waals surface area (Å²) in [7, 11) is 3.38. The number of hydrogen-bond donors (Lipinski definition) is 1. The van der Waals surface area contributed by atoms with Crippen molar-refractivity contribution < 1.29 is 14.1 Å². The van der Waals surface area contributed by atoms with Crippen molar-refractivity contribution in [2.45, 2.75) is 19.4 Å². The second-order valence-corrected chi connectivity index (χ2v) is 5.25. The Kier molecular flexibility index (Phi) is 4.93. The van der Waals surface area contributed by atoms with Gasteiger partial charge in [-0.25, -0.2) is 0 Å². The van der Waals surface area contributed by atoms with E-state index in [1.54, 1.807) is 27.1 Å². The summed E-state index contributed by atoms with van der Waals surface area (Å²) in [5, 5.41) is 6.53. The van der Waals surface area contributed by atoms with Gasteiger partial charge >= 0.3 is 0 Å². The first-order chi connectivity index (χ1) is 10.5. The number of aromatic nitrogens is 1. The molecule has 1 aromatic heterocycles. The summed E-state index contributed by atoms with van der Waals surface area (Å²) in [4.78, 5) is 25.7. The van der Waals surface area contributed by atoms with E-state index in [0.29, 0.717) is 5.76 Å². The third kappa shape index (κ3) is 3.94. The van der Waals surface area contributed by atoms with Crippen LogP contribution in [0.15, 0.2) is 40.9 Å². The summed E-state index contributed by atoms with van der Waals surface area (Å²) in [5.41, 5.74) is 1.07. The van der Waals surface area contributed by atoms with Crippen LogP contribution in [0.4, 0.5) is 0 Å². The zero-order valence-electron chi connectivity index (χ0n) is 12.9. The van der Waals surface area contributed by atoms with Gasteiger partial charge in [-0.1, -0.05) is 35.5 Å². The molecule has 22 heavy (non-hydrogen) atoms. The van der Waals surface area contributed by atoms with Gasteiger partial charge in [0.1, 0.15) is 5.76 Å². The third-order valence-electron chi connectivity index (χ3n) is 3.25. The molecule has 2 aromatic rings. The minimum Gasteiger partial charge on any atom is -0.361 e. The van der Waals surface area contributed by atoms with Crippen LogP contribution in [0.5, 0.6) is 0 Å². The molecule has 0 spiro atoms. The van der Waals surface area contributed by atoms with E-state index < -0.39 is 6.04 Å². The second-order valence-electron chi connectivity index (χ2n) is 5.25. The molecule has 0 unspecified atom stereocenters. The Morgan fingerprint density at radius 1 is 1.27 bits per heavy atom. The summed E-state index contributed by atoms with van der Waals surface area (Å²) in [6, 6.07) is 10.5. The van der Waals surface area contributed by atoms with Crippen LogP contribution >= 0.6 is 0 Å². The molecule has 116 valence electrons. The Morgan fingerprint density at radius 3 is 2.50 bits per heavy atom. The maximum absolute atomic E-state index is 12.2. The van der Waals surface area contributed by atoms with Gasteiger partial charge in [0.05, 0.1) is 12.5 Å². The van der Waals surface area contributed by atoms with E-state index >= 15 is 0 Å². The molecule has 1 heterocycles. The standard InChI is InChI=1S/C16H19N3O3/c1-11-9-14(18-22-11)16(21)17-13(10-15(20)19(2)3)12-7-5-4-6-8-12/h4-9,13H,10H2,1-3H3,(H,17,21)/t13-/m0/s1. The van der Waals surface area contributed by atoms with Crippen LogP contribution < -0.4 is 5.32 Å². The van der Waals surface area contributed by atoms with Crippen LogP contribution in [0.1, 0.15) is 34.3 Å². The summed E-state index contributed by atoms with van der Waals surface area (Å²) >= 11 is 0. The summed E-state index contributed by atoms with van der Waals surface area (Å²) in [6.07, 6.45) is 0.180. The van der Waals surface area contributed by atoms with Gasteiger partial charge in [0.15, 0.2) is 5.69 Å². The number of aryl methyl sites for hydroxylation is 1. The number of rotatable bonds is 5. The summed E-state index contributed by atoms with van der Waals surface area (Å²) in [5.74, 6) is 0.133. The van der Waals surface area contributed by atoms with Crippen LogP contribution in [0.3, 0.4) is 0 Å². The van der Waals surface area contributed by atoms with Crippen molar-refractivity contribution in [3.05, 3.63) is 53.4 Å². The van der Waals surface area contributed by atoms with E-state index in [4.69, 9.17) is 4.52 Å². The van der Waals surface area contributed by atoms with Crippen LogP contribution in [0.25, 0.3) is 0 Å². The highest BCUT2D eigenvalue weighted by molar-refractivity contribution is 5.92. The predicted molar refractivity (Wildman–Crippen MR) is 81.2 cm³/mol. The summed E-state index contributed by atoms with van der Waals surface area (Å²) in [6.45, 7) is 1.72. The SMILES string of the molecule is Cc1cc(C(=O)N[C@@H](CC(=O)N(C)C)c2ccccc2)no1. The number of nitrogens with one attached hydrogen (secondary N) is 1. The van der Waals surface area contributed by atoms with Gasteiger partial charge in [0.25, 0.3) is 5.91 Å². The van der Waals surface area contributed by atoms with E-state index in [2.05, 4.69) is 10.5 Å². The minimum atomic E-state index is -0.416. The Labute approximate surface area is 129 Å². The molecule has 0 radical (unpaired) electrons. The highest BCUT2D eigenvalue weighted by atomic mass is 16.5. The molecule has 0 aliphatic rings. The average molecular weight is 301 g/mol.